The van der Waals surface area contributed by atoms with Crippen molar-refractivity contribution in [1.82, 2.24) is 20.1 Å². The first-order chi connectivity index (χ1) is 11.1. The number of aromatic nitrogens is 3. The average molecular weight is 418 g/mol. The van der Waals surface area contributed by atoms with Crippen molar-refractivity contribution in [3.63, 3.8) is 0 Å². The SMILES string of the molecule is C[C@H](NC(=O)c1ccc(I)cc1)c1ccc(-n2cncn2)cc1. The van der Waals surface area contributed by atoms with Crippen LogP contribution in [-0.4, -0.2) is 20.7 Å². The molecule has 3 rings (SSSR count). The van der Waals surface area contributed by atoms with Gasteiger partial charge in [0.25, 0.3) is 5.91 Å². The molecule has 1 aromatic heterocycles. The van der Waals surface area contributed by atoms with Crippen LogP contribution in [0.5, 0.6) is 0 Å². The van der Waals surface area contributed by atoms with Gasteiger partial charge < -0.3 is 5.32 Å². The highest BCUT2D eigenvalue weighted by molar-refractivity contribution is 14.1. The molecule has 0 unspecified atom stereocenters. The second-order valence-corrected chi connectivity index (χ2v) is 6.38. The van der Waals surface area contributed by atoms with Crippen LogP contribution in [0.15, 0.2) is 61.2 Å². The molecule has 0 saturated heterocycles. The van der Waals surface area contributed by atoms with Crippen molar-refractivity contribution >= 4 is 28.5 Å². The van der Waals surface area contributed by atoms with E-state index in [4.69, 9.17) is 0 Å². The van der Waals surface area contributed by atoms with Gasteiger partial charge in [-0.3, -0.25) is 4.79 Å². The molecule has 3 aromatic rings. The monoisotopic (exact) mass is 418 g/mol. The predicted molar refractivity (Wildman–Crippen MR) is 96.4 cm³/mol. The van der Waals surface area contributed by atoms with E-state index in [1.165, 1.54) is 6.33 Å². The molecule has 5 nitrogen and oxygen atoms in total. The van der Waals surface area contributed by atoms with Crippen molar-refractivity contribution in [2.45, 2.75) is 13.0 Å². The van der Waals surface area contributed by atoms with E-state index in [0.29, 0.717) is 5.56 Å². The van der Waals surface area contributed by atoms with Gasteiger partial charge in [-0.1, -0.05) is 12.1 Å². The first-order valence-electron chi connectivity index (χ1n) is 7.15. The molecule has 1 amide bonds. The van der Waals surface area contributed by atoms with Crippen LogP contribution in [-0.2, 0) is 0 Å². The summed E-state index contributed by atoms with van der Waals surface area (Å²) in [5, 5.41) is 7.10. The third-order valence-corrected chi connectivity index (χ3v) is 4.25. The maximum Gasteiger partial charge on any atom is 0.251 e. The molecule has 2 aromatic carbocycles. The summed E-state index contributed by atoms with van der Waals surface area (Å²) in [4.78, 5) is 16.2. The number of nitrogens with zero attached hydrogens (tertiary/aromatic N) is 3. The van der Waals surface area contributed by atoms with Crippen LogP contribution in [0.1, 0.15) is 28.9 Å². The van der Waals surface area contributed by atoms with E-state index in [0.717, 1.165) is 14.8 Å². The Hall–Kier alpha value is -2.22. The van der Waals surface area contributed by atoms with Gasteiger partial charge in [-0.05, 0) is 71.5 Å². The lowest BCUT2D eigenvalue weighted by Crippen LogP contribution is -2.26. The van der Waals surface area contributed by atoms with Gasteiger partial charge >= 0.3 is 0 Å². The third kappa shape index (κ3) is 3.76. The minimum Gasteiger partial charge on any atom is -0.346 e. The fourth-order valence-corrected chi connectivity index (χ4v) is 2.58. The van der Waals surface area contributed by atoms with E-state index in [1.807, 2.05) is 55.5 Å². The van der Waals surface area contributed by atoms with E-state index in [2.05, 4.69) is 38.0 Å². The third-order valence-electron chi connectivity index (χ3n) is 3.53. The van der Waals surface area contributed by atoms with E-state index in [1.54, 1.807) is 11.0 Å². The van der Waals surface area contributed by atoms with E-state index in [9.17, 15) is 4.79 Å². The van der Waals surface area contributed by atoms with Gasteiger partial charge in [0.05, 0.1) is 11.7 Å². The van der Waals surface area contributed by atoms with Crippen LogP contribution >= 0.6 is 22.6 Å². The van der Waals surface area contributed by atoms with Gasteiger partial charge in [0, 0.05) is 9.13 Å². The van der Waals surface area contributed by atoms with Crippen molar-refractivity contribution < 1.29 is 4.79 Å². The van der Waals surface area contributed by atoms with Gasteiger partial charge in [-0.2, -0.15) is 5.10 Å². The summed E-state index contributed by atoms with van der Waals surface area (Å²) in [7, 11) is 0. The number of rotatable bonds is 4. The van der Waals surface area contributed by atoms with E-state index >= 15 is 0 Å². The summed E-state index contributed by atoms with van der Waals surface area (Å²) in [6.45, 7) is 1.97. The Morgan fingerprint density at radius 3 is 2.43 bits per heavy atom. The van der Waals surface area contributed by atoms with E-state index < -0.39 is 0 Å². The summed E-state index contributed by atoms with van der Waals surface area (Å²) in [5.41, 5.74) is 2.63. The molecule has 0 bridgehead atoms. The number of carbonyl (C=O) groups is 1. The van der Waals surface area contributed by atoms with Gasteiger partial charge in [-0.25, -0.2) is 9.67 Å². The molecule has 1 atom stereocenters. The largest absolute Gasteiger partial charge is 0.346 e. The minimum absolute atomic E-state index is 0.0748. The average Bonchev–Trinajstić information content (AvgIpc) is 3.10. The van der Waals surface area contributed by atoms with E-state index in [-0.39, 0.29) is 11.9 Å². The molecule has 0 radical (unpaired) electrons. The molecule has 0 aliphatic heterocycles. The number of amides is 1. The Morgan fingerprint density at radius 2 is 1.83 bits per heavy atom. The summed E-state index contributed by atoms with van der Waals surface area (Å²) in [5.74, 6) is -0.0748. The zero-order valence-electron chi connectivity index (χ0n) is 12.5. The molecule has 1 N–H and O–H groups in total. The predicted octanol–water partition coefficient (Wildman–Crippen LogP) is 3.36. The summed E-state index contributed by atoms with van der Waals surface area (Å²) >= 11 is 2.22. The Kier molecular flexibility index (Phi) is 4.71. The molecule has 6 heteroatoms. The lowest BCUT2D eigenvalue weighted by molar-refractivity contribution is 0.0940. The van der Waals surface area contributed by atoms with Crippen LogP contribution in [0, 0.1) is 3.57 Å². The highest BCUT2D eigenvalue weighted by atomic mass is 127. The highest BCUT2D eigenvalue weighted by Gasteiger charge is 2.11. The van der Waals surface area contributed by atoms with Crippen molar-refractivity contribution in [3.05, 3.63) is 75.9 Å². The van der Waals surface area contributed by atoms with Crippen molar-refractivity contribution in [2.75, 3.05) is 0 Å². The van der Waals surface area contributed by atoms with Gasteiger partial charge in [0.1, 0.15) is 12.7 Å². The Labute approximate surface area is 147 Å². The summed E-state index contributed by atoms with van der Waals surface area (Å²) in [6.07, 6.45) is 3.15. The minimum atomic E-state index is -0.0772. The molecule has 116 valence electrons. The molecule has 0 aliphatic carbocycles. The molecular weight excluding hydrogens is 403 g/mol. The number of hydrogen-bond donors (Lipinski definition) is 1. The number of hydrogen-bond acceptors (Lipinski definition) is 3. The fraction of sp³-hybridized carbons (Fsp3) is 0.118. The quantitative estimate of drug-likeness (QED) is 0.662. The van der Waals surface area contributed by atoms with Gasteiger partial charge in [-0.15, -0.1) is 0 Å². The van der Waals surface area contributed by atoms with Crippen LogP contribution in [0.25, 0.3) is 5.69 Å². The number of halogens is 1. The molecule has 0 saturated carbocycles. The molecule has 0 aliphatic rings. The number of nitrogens with one attached hydrogen (secondary N) is 1. The topological polar surface area (TPSA) is 59.8 Å². The van der Waals surface area contributed by atoms with Crippen LogP contribution < -0.4 is 5.32 Å². The first kappa shape index (κ1) is 15.7. The zero-order valence-corrected chi connectivity index (χ0v) is 14.6. The van der Waals surface area contributed by atoms with Crippen LogP contribution in [0.3, 0.4) is 0 Å². The lowest BCUT2D eigenvalue weighted by Gasteiger charge is -2.15. The van der Waals surface area contributed by atoms with Gasteiger partial charge in [0.2, 0.25) is 0 Å². The molecule has 23 heavy (non-hydrogen) atoms. The Bertz CT molecular complexity index is 782. The highest BCUT2D eigenvalue weighted by Crippen LogP contribution is 2.16. The molecule has 1 heterocycles. The van der Waals surface area contributed by atoms with Gasteiger partial charge in [0.15, 0.2) is 0 Å². The second-order valence-electron chi connectivity index (χ2n) is 5.13. The smallest absolute Gasteiger partial charge is 0.251 e. The molecular formula is C17H15IN4O. The summed E-state index contributed by atoms with van der Waals surface area (Å²) < 4.78 is 2.80. The maximum absolute atomic E-state index is 12.3. The fourth-order valence-electron chi connectivity index (χ4n) is 2.22. The number of benzene rings is 2. The zero-order chi connectivity index (χ0) is 16.2. The first-order valence-corrected chi connectivity index (χ1v) is 8.23. The second kappa shape index (κ2) is 6.91. The lowest BCUT2D eigenvalue weighted by atomic mass is 10.1. The van der Waals surface area contributed by atoms with Crippen molar-refractivity contribution in [1.29, 1.82) is 0 Å². The van der Waals surface area contributed by atoms with Crippen molar-refractivity contribution in [3.8, 4) is 5.69 Å². The van der Waals surface area contributed by atoms with Crippen LogP contribution in [0.2, 0.25) is 0 Å². The Morgan fingerprint density at radius 1 is 1.13 bits per heavy atom. The molecule has 0 spiro atoms. The van der Waals surface area contributed by atoms with Crippen LogP contribution in [0.4, 0.5) is 0 Å². The standard InChI is InChI=1S/C17H15IN4O/c1-12(21-17(23)14-2-6-15(18)7-3-14)13-4-8-16(9-5-13)22-11-19-10-20-22/h2-12H,1H3,(H,21,23)/t12-/m0/s1. The summed E-state index contributed by atoms with van der Waals surface area (Å²) in [6, 6.07) is 15.3. The Balaban J connectivity index is 1.69. The normalized spacial score (nSPS) is 11.9. The molecule has 0 fully saturated rings. The maximum atomic E-state index is 12.3. The van der Waals surface area contributed by atoms with Crippen molar-refractivity contribution in [2.24, 2.45) is 0 Å². The number of carbonyl (C=O) groups excluding carboxylic acids is 1.